The SMILES string of the molecule is Cl.Cl.FC(F)[C@@H](c1ccc(C(F)(F)F)c(Cl)c1)N1CCNCC1. The average molecular weight is 402 g/mol. The highest BCUT2D eigenvalue weighted by Crippen LogP contribution is 2.37. The molecule has 0 amide bonds. The maximum absolute atomic E-state index is 13.3. The molecule has 0 radical (unpaired) electrons. The van der Waals surface area contributed by atoms with Crippen LogP contribution in [0, 0.1) is 0 Å². The third kappa shape index (κ3) is 5.60. The molecule has 1 fully saturated rings. The van der Waals surface area contributed by atoms with E-state index in [1.807, 2.05) is 0 Å². The zero-order valence-electron chi connectivity index (χ0n) is 11.7. The van der Waals surface area contributed by atoms with Crippen LogP contribution in [0.4, 0.5) is 22.0 Å². The van der Waals surface area contributed by atoms with E-state index in [9.17, 15) is 22.0 Å². The van der Waals surface area contributed by atoms with E-state index < -0.39 is 29.2 Å². The van der Waals surface area contributed by atoms with E-state index in [0.29, 0.717) is 26.2 Å². The summed E-state index contributed by atoms with van der Waals surface area (Å²) in [6.07, 6.45) is -7.29. The summed E-state index contributed by atoms with van der Waals surface area (Å²) in [6, 6.07) is 1.58. The molecule has 1 saturated heterocycles. The number of nitrogens with zero attached hydrogens (tertiary/aromatic N) is 1. The monoisotopic (exact) mass is 400 g/mol. The maximum Gasteiger partial charge on any atom is 0.417 e. The van der Waals surface area contributed by atoms with Crippen molar-refractivity contribution >= 4 is 36.4 Å². The first kappa shape index (κ1) is 22.7. The summed E-state index contributed by atoms with van der Waals surface area (Å²) in [7, 11) is 0. The molecule has 1 aromatic carbocycles. The van der Waals surface area contributed by atoms with Gasteiger partial charge >= 0.3 is 6.18 Å². The van der Waals surface area contributed by atoms with Crippen molar-refractivity contribution in [3.63, 3.8) is 0 Å². The molecule has 0 saturated carbocycles. The normalized spacial score (nSPS) is 17.3. The third-order valence-corrected chi connectivity index (χ3v) is 3.74. The molecule has 0 aliphatic carbocycles. The minimum Gasteiger partial charge on any atom is -0.314 e. The summed E-state index contributed by atoms with van der Waals surface area (Å²) >= 11 is 5.61. The van der Waals surface area contributed by atoms with E-state index in [1.54, 1.807) is 4.90 Å². The van der Waals surface area contributed by atoms with E-state index >= 15 is 0 Å². The Morgan fingerprint density at radius 1 is 1.09 bits per heavy atom. The van der Waals surface area contributed by atoms with Crippen molar-refractivity contribution in [2.45, 2.75) is 18.6 Å². The minimum atomic E-state index is -4.59. The van der Waals surface area contributed by atoms with Crippen LogP contribution in [-0.4, -0.2) is 37.5 Å². The van der Waals surface area contributed by atoms with Crippen molar-refractivity contribution < 1.29 is 22.0 Å². The van der Waals surface area contributed by atoms with Gasteiger partial charge in [-0.2, -0.15) is 13.2 Å². The Kier molecular flexibility index (Phi) is 9.09. The van der Waals surface area contributed by atoms with E-state index in [-0.39, 0.29) is 30.4 Å². The first-order valence-electron chi connectivity index (χ1n) is 6.40. The molecule has 1 atom stereocenters. The molecule has 10 heteroatoms. The highest BCUT2D eigenvalue weighted by atomic mass is 35.5. The van der Waals surface area contributed by atoms with Gasteiger partial charge in [0, 0.05) is 26.2 Å². The van der Waals surface area contributed by atoms with Gasteiger partial charge < -0.3 is 5.32 Å². The first-order chi connectivity index (χ1) is 9.80. The highest BCUT2D eigenvalue weighted by molar-refractivity contribution is 6.31. The van der Waals surface area contributed by atoms with Crippen LogP contribution in [0.2, 0.25) is 5.02 Å². The van der Waals surface area contributed by atoms with Crippen LogP contribution in [0.1, 0.15) is 17.2 Å². The van der Waals surface area contributed by atoms with Crippen molar-refractivity contribution in [3.8, 4) is 0 Å². The lowest BCUT2D eigenvalue weighted by Gasteiger charge is -2.34. The van der Waals surface area contributed by atoms with E-state index in [2.05, 4.69) is 5.32 Å². The summed E-state index contributed by atoms with van der Waals surface area (Å²) in [5.41, 5.74) is -0.911. The fourth-order valence-electron chi connectivity index (χ4n) is 2.42. The van der Waals surface area contributed by atoms with Gasteiger partial charge in [0.25, 0.3) is 6.43 Å². The molecule has 2 rings (SSSR count). The molecule has 1 N–H and O–H groups in total. The zero-order chi connectivity index (χ0) is 15.6. The second-order valence-electron chi connectivity index (χ2n) is 4.80. The van der Waals surface area contributed by atoms with E-state index in [4.69, 9.17) is 11.6 Å². The quantitative estimate of drug-likeness (QED) is 0.755. The van der Waals surface area contributed by atoms with Crippen LogP contribution in [0.25, 0.3) is 0 Å². The molecule has 2 nitrogen and oxygen atoms in total. The van der Waals surface area contributed by atoms with E-state index in [1.165, 1.54) is 0 Å². The second-order valence-corrected chi connectivity index (χ2v) is 5.21. The lowest BCUT2D eigenvalue weighted by molar-refractivity contribution is -0.137. The largest absolute Gasteiger partial charge is 0.417 e. The average Bonchev–Trinajstić information content (AvgIpc) is 2.38. The van der Waals surface area contributed by atoms with Crippen LogP contribution in [0.15, 0.2) is 18.2 Å². The van der Waals surface area contributed by atoms with Crippen molar-refractivity contribution in [1.29, 1.82) is 0 Å². The summed E-state index contributed by atoms with van der Waals surface area (Å²) in [6.45, 7) is 1.95. The van der Waals surface area contributed by atoms with Gasteiger partial charge in [0.1, 0.15) is 0 Å². The number of piperazine rings is 1. The number of nitrogens with one attached hydrogen (secondary N) is 1. The van der Waals surface area contributed by atoms with Crippen LogP contribution in [0.5, 0.6) is 0 Å². The van der Waals surface area contributed by atoms with Crippen LogP contribution >= 0.6 is 36.4 Å². The molecule has 0 bridgehead atoms. The van der Waals surface area contributed by atoms with Gasteiger partial charge in [-0.3, -0.25) is 4.90 Å². The summed E-state index contributed by atoms with van der Waals surface area (Å²) in [4.78, 5) is 1.56. The number of rotatable bonds is 3. The highest BCUT2D eigenvalue weighted by Gasteiger charge is 2.35. The van der Waals surface area contributed by atoms with Gasteiger partial charge in [0.15, 0.2) is 0 Å². The molecule has 1 aliphatic heterocycles. The fourth-order valence-corrected chi connectivity index (χ4v) is 2.72. The Hall–Kier alpha value is -0.340. The van der Waals surface area contributed by atoms with Crippen LogP contribution in [0.3, 0.4) is 0 Å². The lowest BCUT2D eigenvalue weighted by Crippen LogP contribution is -2.46. The number of alkyl halides is 5. The molecule has 23 heavy (non-hydrogen) atoms. The van der Waals surface area contributed by atoms with Crippen LogP contribution in [-0.2, 0) is 6.18 Å². The molecule has 1 aromatic rings. The molecule has 1 heterocycles. The Morgan fingerprint density at radius 2 is 1.65 bits per heavy atom. The van der Waals surface area contributed by atoms with Gasteiger partial charge in [-0.1, -0.05) is 17.7 Å². The Morgan fingerprint density at radius 3 is 2.09 bits per heavy atom. The molecular weight excluding hydrogens is 386 g/mol. The number of benzene rings is 1. The standard InChI is InChI=1S/C13H14ClF5N2.2ClH/c14-10-7-8(1-2-9(10)13(17,18)19)11(12(15)16)21-5-3-20-4-6-21;;/h1-2,7,11-12,20H,3-6H2;2*1H/t11-;;/m1../s1. The maximum atomic E-state index is 13.3. The van der Waals surface area contributed by atoms with Crippen molar-refractivity contribution in [1.82, 2.24) is 10.2 Å². The second kappa shape index (κ2) is 9.22. The molecule has 134 valence electrons. The van der Waals surface area contributed by atoms with Gasteiger partial charge in [-0.15, -0.1) is 24.8 Å². The smallest absolute Gasteiger partial charge is 0.314 e. The number of halogens is 8. The Bertz CT molecular complexity index is 493. The summed E-state index contributed by atoms with van der Waals surface area (Å²) < 4.78 is 64.5. The lowest BCUT2D eigenvalue weighted by atomic mass is 10.0. The molecule has 0 aromatic heterocycles. The summed E-state index contributed by atoms with van der Waals surface area (Å²) in [5.74, 6) is 0. The topological polar surface area (TPSA) is 15.3 Å². The number of hydrogen-bond donors (Lipinski definition) is 1. The third-order valence-electron chi connectivity index (χ3n) is 3.42. The van der Waals surface area contributed by atoms with E-state index in [0.717, 1.165) is 18.2 Å². The van der Waals surface area contributed by atoms with Gasteiger partial charge in [-0.05, 0) is 17.7 Å². The fraction of sp³-hybridized carbons (Fsp3) is 0.538. The molecule has 0 spiro atoms. The predicted octanol–water partition coefficient (Wildman–Crippen LogP) is 4.41. The Balaban J connectivity index is 0.00000242. The van der Waals surface area contributed by atoms with Gasteiger partial charge in [-0.25, -0.2) is 8.78 Å². The number of hydrogen-bond acceptors (Lipinski definition) is 2. The van der Waals surface area contributed by atoms with Crippen molar-refractivity contribution in [3.05, 3.63) is 34.3 Å². The minimum absolute atomic E-state index is 0. The molecular formula is C13H16Cl3F5N2. The van der Waals surface area contributed by atoms with Crippen molar-refractivity contribution in [2.75, 3.05) is 26.2 Å². The zero-order valence-corrected chi connectivity index (χ0v) is 14.1. The predicted molar refractivity (Wildman–Crippen MR) is 84.1 cm³/mol. The molecule has 1 aliphatic rings. The Labute approximate surface area is 148 Å². The van der Waals surface area contributed by atoms with Crippen molar-refractivity contribution in [2.24, 2.45) is 0 Å². The summed E-state index contributed by atoms with van der Waals surface area (Å²) in [5, 5.41) is 2.48. The van der Waals surface area contributed by atoms with Gasteiger partial charge in [0.05, 0.1) is 16.6 Å². The molecule has 0 unspecified atom stereocenters. The van der Waals surface area contributed by atoms with Gasteiger partial charge in [0.2, 0.25) is 0 Å². The van der Waals surface area contributed by atoms with Crippen LogP contribution < -0.4 is 5.32 Å². The first-order valence-corrected chi connectivity index (χ1v) is 6.78.